The van der Waals surface area contributed by atoms with E-state index >= 15 is 0 Å². The number of fused-ring (bicyclic) bond motifs is 1. The Balaban J connectivity index is 1.31. The van der Waals surface area contributed by atoms with E-state index in [2.05, 4.69) is 9.97 Å². The van der Waals surface area contributed by atoms with Crippen molar-refractivity contribution >= 4 is 28.5 Å². The van der Waals surface area contributed by atoms with Gasteiger partial charge in [0.1, 0.15) is 12.4 Å². The first-order valence-electron chi connectivity index (χ1n) is 9.09. The van der Waals surface area contributed by atoms with Crippen LogP contribution in [-0.4, -0.2) is 40.4 Å². The van der Waals surface area contributed by atoms with Gasteiger partial charge in [0.15, 0.2) is 5.82 Å². The molecule has 3 aromatic rings. The third-order valence-electron chi connectivity index (χ3n) is 4.82. The molecule has 2 aromatic carbocycles. The molecule has 4 rings (SSSR count). The number of hydrogen-bond donors (Lipinski definition) is 1. The second-order valence-electron chi connectivity index (χ2n) is 6.74. The molecule has 0 unspecified atom stereocenters. The predicted molar refractivity (Wildman–Crippen MR) is 106 cm³/mol. The summed E-state index contributed by atoms with van der Waals surface area (Å²) in [5.74, 6) is 0.330. The molecule has 1 aliphatic rings. The summed E-state index contributed by atoms with van der Waals surface area (Å²) in [4.78, 5) is 19.7. The highest BCUT2D eigenvalue weighted by Crippen LogP contribution is 2.30. The van der Waals surface area contributed by atoms with E-state index in [9.17, 15) is 4.79 Å². The second kappa shape index (κ2) is 8.12. The number of aromatic nitrogens is 2. The highest BCUT2D eigenvalue weighted by Gasteiger charge is 2.34. The van der Waals surface area contributed by atoms with Gasteiger partial charge in [-0.1, -0.05) is 23.7 Å². The van der Waals surface area contributed by atoms with E-state index in [-0.39, 0.29) is 12.0 Å². The molecule has 1 fully saturated rings. The third kappa shape index (κ3) is 4.08. The number of carboxylic acids is 1. The summed E-state index contributed by atoms with van der Waals surface area (Å²) in [6.07, 6.45) is 2.96. The van der Waals surface area contributed by atoms with Gasteiger partial charge in [0, 0.05) is 17.1 Å². The molecule has 0 saturated heterocycles. The van der Waals surface area contributed by atoms with Gasteiger partial charge in [-0.15, -0.1) is 0 Å². The van der Waals surface area contributed by atoms with Crippen molar-refractivity contribution in [2.75, 3.05) is 13.2 Å². The van der Waals surface area contributed by atoms with Crippen molar-refractivity contribution in [1.29, 1.82) is 0 Å². The molecule has 6 nitrogen and oxygen atoms in total. The van der Waals surface area contributed by atoms with Crippen LogP contribution in [0.3, 0.4) is 0 Å². The van der Waals surface area contributed by atoms with Crippen LogP contribution in [0.5, 0.6) is 5.75 Å². The van der Waals surface area contributed by atoms with E-state index in [1.807, 2.05) is 42.5 Å². The summed E-state index contributed by atoms with van der Waals surface area (Å²) in [6, 6.07) is 13.1. The number of hydrogen-bond acceptors (Lipinski definition) is 5. The lowest BCUT2D eigenvalue weighted by atomic mass is 9.82. The number of benzene rings is 2. The lowest BCUT2D eigenvalue weighted by Crippen LogP contribution is -2.36. The van der Waals surface area contributed by atoms with Crippen molar-refractivity contribution in [3.8, 4) is 17.1 Å². The smallest absolute Gasteiger partial charge is 0.306 e. The summed E-state index contributed by atoms with van der Waals surface area (Å²) < 4.78 is 11.3. The molecule has 0 amide bonds. The van der Waals surface area contributed by atoms with Gasteiger partial charge in [-0.25, -0.2) is 9.97 Å². The van der Waals surface area contributed by atoms with Gasteiger partial charge in [0.05, 0.1) is 29.2 Å². The van der Waals surface area contributed by atoms with Gasteiger partial charge in [-0.2, -0.15) is 0 Å². The molecule has 0 aliphatic heterocycles. The molecule has 1 aromatic heterocycles. The van der Waals surface area contributed by atoms with E-state index in [0.29, 0.717) is 36.9 Å². The minimum Gasteiger partial charge on any atom is -0.491 e. The maximum Gasteiger partial charge on any atom is 0.306 e. The lowest BCUT2D eigenvalue weighted by Gasteiger charge is -2.31. The van der Waals surface area contributed by atoms with Crippen LogP contribution in [0.25, 0.3) is 22.3 Å². The van der Waals surface area contributed by atoms with Crippen LogP contribution in [0.4, 0.5) is 0 Å². The molecule has 0 atom stereocenters. The quantitative estimate of drug-likeness (QED) is 0.600. The van der Waals surface area contributed by atoms with Gasteiger partial charge in [0.2, 0.25) is 0 Å². The number of halogens is 1. The van der Waals surface area contributed by atoms with Crippen LogP contribution < -0.4 is 4.74 Å². The van der Waals surface area contributed by atoms with E-state index < -0.39 is 5.97 Å². The number of carboxylic acid groups (broad SMARTS) is 1. The molecular weight excluding hydrogens is 380 g/mol. The van der Waals surface area contributed by atoms with Crippen LogP contribution in [0.2, 0.25) is 5.02 Å². The van der Waals surface area contributed by atoms with Crippen molar-refractivity contribution in [2.24, 2.45) is 5.92 Å². The number of carbonyl (C=O) groups is 1. The fourth-order valence-electron chi connectivity index (χ4n) is 3.14. The Labute approximate surface area is 167 Å². The number of rotatable bonds is 7. The van der Waals surface area contributed by atoms with Gasteiger partial charge in [-0.05, 0) is 43.2 Å². The summed E-state index contributed by atoms with van der Waals surface area (Å²) in [5, 5.41) is 10.3. The lowest BCUT2D eigenvalue weighted by molar-refractivity contribution is -0.151. The first kappa shape index (κ1) is 18.7. The van der Waals surface area contributed by atoms with E-state index in [1.54, 1.807) is 6.20 Å². The molecule has 0 radical (unpaired) electrons. The van der Waals surface area contributed by atoms with Crippen LogP contribution >= 0.6 is 11.6 Å². The minimum atomic E-state index is -0.742. The van der Waals surface area contributed by atoms with Crippen molar-refractivity contribution in [3.05, 3.63) is 53.7 Å². The Morgan fingerprint density at radius 2 is 1.93 bits per heavy atom. The summed E-state index contributed by atoms with van der Waals surface area (Å²) in [6.45, 7) is 0.848. The first-order valence-corrected chi connectivity index (χ1v) is 9.47. The average molecular weight is 399 g/mol. The van der Waals surface area contributed by atoms with Crippen LogP contribution in [-0.2, 0) is 9.53 Å². The maximum atomic E-state index is 10.8. The Morgan fingerprint density at radius 3 is 2.68 bits per heavy atom. The first-order chi connectivity index (χ1) is 13.6. The summed E-state index contributed by atoms with van der Waals surface area (Å²) >= 11 is 6.22. The number of aliphatic carboxylic acids is 1. The highest BCUT2D eigenvalue weighted by atomic mass is 35.5. The fourth-order valence-corrected chi connectivity index (χ4v) is 3.36. The molecule has 7 heteroatoms. The molecular formula is C21H19ClN2O4. The van der Waals surface area contributed by atoms with E-state index in [4.69, 9.17) is 26.2 Å². The third-order valence-corrected chi connectivity index (χ3v) is 5.13. The highest BCUT2D eigenvalue weighted by molar-refractivity contribution is 6.35. The van der Waals surface area contributed by atoms with Crippen LogP contribution in [0, 0.1) is 5.92 Å². The number of ether oxygens (including phenoxy) is 2. The van der Waals surface area contributed by atoms with Crippen molar-refractivity contribution < 1.29 is 19.4 Å². The molecule has 28 heavy (non-hydrogen) atoms. The molecule has 1 N–H and O–H groups in total. The standard InChI is InChI=1S/C21H19ClN2O4/c22-18-3-1-2-14-12-23-20(24-19(14)18)13-4-6-16(7-5-13)27-8-9-28-17-10-15(11-17)21(25)26/h1-7,12,15,17H,8-11H2,(H,25,26). The molecule has 1 aliphatic carbocycles. The van der Waals surface area contributed by atoms with Crippen molar-refractivity contribution in [2.45, 2.75) is 18.9 Å². The van der Waals surface area contributed by atoms with E-state index in [0.717, 1.165) is 22.2 Å². The minimum absolute atomic E-state index is 0.0314. The van der Waals surface area contributed by atoms with Gasteiger partial charge in [-0.3, -0.25) is 4.79 Å². The topological polar surface area (TPSA) is 81.5 Å². The Bertz CT molecular complexity index is 987. The normalized spacial score (nSPS) is 18.6. The molecule has 0 spiro atoms. The maximum absolute atomic E-state index is 10.8. The van der Waals surface area contributed by atoms with Crippen molar-refractivity contribution in [1.82, 2.24) is 9.97 Å². The molecule has 0 bridgehead atoms. The van der Waals surface area contributed by atoms with Crippen LogP contribution in [0.1, 0.15) is 12.8 Å². The Hall–Kier alpha value is -2.70. The molecule has 1 saturated carbocycles. The average Bonchev–Trinajstić information content (AvgIpc) is 2.66. The summed E-state index contributed by atoms with van der Waals surface area (Å²) in [5.41, 5.74) is 1.60. The molecule has 1 heterocycles. The Morgan fingerprint density at radius 1 is 1.14 bits per heavy atom. The fraction of sp³-hybridized carbons (Fsp3) is 0.286. The molecule has 144 valence electrons. The Kier molecular flexibility index (Phi) is 5.41. The van der Waals surface area contributed by atoms with Gasteiger partial charge < -0.3 is 14.6 Å². The zero-order chi connectivity index (χ0) is 19.5. The van der Waals surface area contributed by atoms with Crippen LogP contribution in [0.15, 0.2) is 48.7 Å². The largest absolute Gasteiger partial charge is 0.491 e. The number of nitrogens with zero attached hydrogens (tertiary/aromatic N) is 2. The number of para-hydroxylation sites is 1. The zero-order valence-electron chi connectivity index (χ0n) is 15.0. The van der Waals surface area contributed by atoms with Crippen molar-refractivity contribution in [3.63, 3.8) is 0 Å². The summed E-state index contributed by atoms with van der Waals surface area (Å²) in [7, 11) is 0. The predicted octanol–water partition coefficient (Wildman–Crippen LogP) is 4.21. The monoisotopic (exact) mass is 398 g/mol. The van der Waals surface area contributed by atoms with Gasteiger partial charge >= 0.3 is 5.97 Å². The second-order valence-corrected chi connectivity index (χ2v) is 7.15. The zero-order valence-corrected chi connectivity index (χ0v) is 15.8. The van der Waals surface area contributed by atoms with E-state index in [1.165, 1.54) is 0 Å². The van der Waals surface area contributed by atoms with Gasteiger partial charge in [0.25, 0.3) is 0 Å². The SMILES string of the molecule is O=C(O)C1CC(OCCOc2ccc(-c3ncc4cccc(Cl)c4n3)cc2)C1.